The van der Waals surface area contributed by atoms with Crippen LogP contribution in [-0.4, -0.2) is 21.8 Å². The first-order valence-electron chi connectivity index (χ1n) is 7.94. The number of thioether (sulfide) groups is 1. The minimum atomic E-state index is -4.46. The van der Waals surface area contributed by atoms with Crippen molar-refractivity contribution in [3.63, 3.8) is 0 Å². The molecule has 146 valence electrons. The highest BCUT2D eigenvalue weighted by Gasteiger charge is 2.30. The quantitative estimate of drug-likeness (QED) is 0.579. The number of aromatic nitrogens is 2. The summed E-state index contributed by atoms with van der Waals surface area (Å²) in [5.41, 5.74) is 0.00784. The highest BCUT2D eigenvalue weighted by molar-refractivity contribution is 7.99. The van der Waals surface area contributed by atoms with Crippen LogP contribution in [0.25, 0.3) is 11.4 Å². The van der Waals surface area contributed by atoms with Crippen molar-refractivity contribution in [2.75, 3.05) is 11.1 Å². The Morgan fingerprint density at radius 1 is 1.18 bits per heavy atom. The summed E-state index contributed by atoms with van der Waals surface area (Å²) in [7, 11) is 0. The summed E-state index contributed by atoms with van der Waals surface area (Å²) in [4.78, 5) is 16.2. The summed E-state index contributed by atoms with van der Waals surface area (Å²) in [6.45, 7) is 0. The van der Waals surface area contributed by atoms with Crippen LogP contribution in [0, 0.1) is 0 Å². The number of amides is 1. The molecule has 28 heavy (non-hydrogen) atoms. The van der Waals surface area contributed by atoms with Gasteiger partial charge >= 0.3 is 6.18 Å². The van der Waals surface area contributed by atoms with Crippen molar-refractivity contribution >= 4 is 35.0 Å². The van der Waals surface area contributed by atoms with Crippen molar-refractivity contribution < 1.29 is 22.5 Å². The van der Waals surface area contributed by atoms with E-state index in [-0.39, 0.29) is 17.2 Å². The minimum Gasteiger partial charge on any atom is -0.338 e. The Bertz CT molecular complexity index is 961. The predicted octanol–water partition coefficient (Wildman–Crippen LogP) is 5.28. The van der Waals surface area contributed by atoms with Gasteiger partial charge < -0.3 is 9.84 Å². The lowest BCUT2D eigenvalue weighted by molar-refractivity contribution is -0.137. The first-order chi connectivity index (χ1) is 13.3. The maximum atomic E-state index is 12.7. The molecule has 0 atom stereocenters. The van der Waals surface area contributed by atoms with Crippen LogP contribution in [0.3, 0.4) is 0 Å². The number of hydrogen-bond acceptors (Lipinski definition) is 5. The van der Waals surface area contributed by atoms with E-state index in [1.165, 1.54) is 23.9 Å². The van der Waals surface area contributed by atoms with Gasteiger partial charge in [0.05, 0.1) is 17.1 Å². The first kappa shape index (κ1) is 20.2. The number of carbonyl (C=O) groups is 1. The maximum absolute atomic E-state index is 12.7. The number of alkyl halides is 3. The largest absolute Gasteiger partial charge is 0.416 e. The molecule has 0 unspecified atom stereocenters. The summed E-state index contributed by atoms with van der Waals surface area (Å²) >= 11 is 7.03. The van der Waals surface area contributed by atoms with E-state index in [1.807, 2.05) is 0 Å². The molecule has 1 heterocycles. The van der Waals surface area contributed by atoms with Gasteiger partial charge in [0, 0.05) is 16.3 Å². The summed E-state index contributed by atoms with van der Waals surface area (Å²) < 4.78 is 43.2. The molecule has 0 saturated carbocycles. The van der Waals surface area contributed by atoms with Gasteiger partial charge in [-0.25, -0.2) is 0 Å². The van der Waals surface area contributed by atoms with E-state index in [1.54, 1.807) is 24.3 Å². The van der Waals surface area contributed by atoms with E-state index in [9.17, 15) is 18.0 Å². The topological polar surface area (TPSA) is 68.0 Å². The van der Waals surface area contributed by atoms with Gasteiger partial charge in [-0.15, -0.1) is 11.8 Å². The monoisotopic (exact) mass is 427 g/mol. The van der Waals surface area contributed by atoms with Gasteiger partial charge in [0.1, 0.15) is 0 Å². The van der Waals surface area contributed by atoms with Crippen LogP contribution in [0.15, 0.2) is 53.1 Å². The van der Waals surface area contributed by atoms with Gasteiger partial charge in [0.25, 0.3) is 0 Å². The van der Waals surface area contributed by atoms with Gasteiger partial charge in [-0.2, -0.15) is 18.2 Å². The molecule has 1 N–H and O–H groups in total. The van der Waals surface area contributed by atoms with Crippen LogP contribution >= 0.6 is 23.4 Å². The molecule has 0 bridgehead atoms. The number of nitrogens with zero attached hydrogens (tertiary/aromatic N) is 2. The third-order valence-corrected chi connectivity index (χ3v) is 4.67. The molecular formula is C18H13ClF3N3O2S. The summed E-state index contributed by atoms with van der Waals surface area (Å²) in [6, 6.07) is 11.4. The Hall–Kier alpha value is -2.52. The SMILES string of the molecule is O=C(CSCc1nc(-c2ccc(Cl)cc2)no1)Nc1cccc(C(F)(F)F)c1. The zero-order valence-corrected chi connectivity index (χ0v) is 15.7. The van der Waals surface area contributed by atoms with E-state index in [0.29, 0.717) is 16.7 Å². The van der Waals surface area contributed by atoms with Crippen LogP contribution in [0.2, 0.25) is 5.02 Å². The van der Waals surface area contributed by atoms with Crippen LogP contribution in [0.4, 0.5) is 18.9 Å². The number of benzene rings is 2. The molecule has 0 spiro atoms. The second-order valence-electron chi connectivity index (χ2n) is 5.64. The highest BCUT2D eigenvalue weighted by atomic mass is 35.5. The fourth-order valence-corrected chi connectivity index (χ4v) is 3.01. The van der Waals surface area contributed by atoms with Gasteiger partial charge in [0.2, 0.25) is 17.6 Å². The molecule has 2 aromatic carbocycles. The number of anilines is 1. The fraction of sp³-hybridized carbons (Fsp3) is 0.167. The third-order valence-electron chi connectivity index (χ3n) is 3.50. The molecule has 5 nitrogen and oxygen atoms in total. The number of halogens is 4. The third kappa shape index (κ3) is 5.49. The van der Waals surface area contributed by atoms with Crippen LogP contribution in [0.5, 0.6) is 0 Å². The van der Waals surface area contributed by atoms with E-state index in [0.717, 1.165) is 17.7 Å². The minimum absolute atomic E-state index is 0.0227. The zero-order valence-electron chi connectivity index (χ0n) is 14.2. The Morgan fingerprint density at radius 3 is 2.64 bits per heavy atom. The highest BCUT2D eigenvalue weighted by Crippen LogP contribution is 2.30. The molecule has 0 saturated heterocycles. The molecule has 10 heteroatoms. The van der Waals surface area contributed by atoms with Crippen molar-refractivity contribution in [2.45, 2.75) is 11.9 Å². The Balaban J connectivity index is 1.50. The lowest BCUT2D eigenvalue weighted by atomic mass is 10.2. The van der Waals surface area contributed by atoms with Gasteiger partial charge in [-0.05, 0) is 42.5 Å². The van der Waals surface area contributed by atoms with Crippen molar-refractivity contribution in [3.8, 4) is 11.4 Å². The number of rotatable bonds is 6. The number of nitrogens with one attached hydrogen (secondary N) is 1. The predicted molar refractivity (Wildman–Crippen MR) is 101 cm³/mol. The lowest BCUT2D eigenvalue weighted by Crippen LogP contribution is -2.15. The molecule has 0 fully saturated rings. The molecular weight excluding hydrogens is 415 g/mol. The lowest BCUT2D eigenvalue weighted by Gasteiger charge is -2.09. The Kier molecular flexibility index (Phi) is 6.25. The smallest absolute Gasteiger partial charge is 0.338 e. The molecule has 0 radical (unpaired) electrons. The van der Waals surface area contributed by atoms with E-state index >= 15 is 0 Å². The van der Waals surface area contributed by atoms with Crippen LogP contribution in [-0.2, 0) is 16.7 Å². The normalized spacial score (nSPS) is 11.4. The van der Waals surface area contributed by atoms with Gasteiger partial charge in [0.15, 0.2) is 0 Å². The summed E-state index contributed by atoms with van der Waals surface area (Å²) in [6.07, 6.45) is -4.46. The van der Waals surface area contributed by atoms with Crippen molar-refractivity contribution in [3.05, 3.63) is 65.0 Å². The summed E-state index contributed by atoms with van der Waals surface area (Å²) in [5, 5.41) is 6.90. The molecule has 0 aliphatic rings. The van der Waals surface area contributed by atoms with E-state index in [2.05, 4.69) is 15.5 Å². The van der Waals surface area contributed by atoms with E-state index < -0.39 is 17.6 Å². The second kappa shape index (κ2) is 8.66. The van der Waals surface area contributed by atoms with E-state index in [4.69, 9.17) is 16.1 Å². The Labute approximate surface area is 167 Å². The fourth-order valence-electron chi connectivity index (χ4n) is 2.23. The van der Waals surface area contributed by atoms with Crippen molar-refractivity contribution in [1.82, 2.24) is 10.1 Å². The molecule has 3 rings (SSSR count). The molecule has 1 amide bonds. The average Bonchev–Trinajstić information content (AvgIpc) is 3.11. The standard InChI is InChI=1S/C18H13ClF3N3O2S/c19-13-6-4-11(5-7-13)17-24-16(27-25-17)10-28-9-15(26)23-14-3-1-2-12(8-14)18(20,21)22/h1-8H,9-10H2,(H,23,26). The first-order valence-corrected chi connectivity index (χ1v) is 9.48. The molecule has 1 aromatic heterocycles. The van der Waals surface area contributed by atoms with Gasteiger partial charge in [-0.1, -0.05) is 22.8 Å². The van der Waals surface area contributed by atoms with Crippen LogP contribution in [0.1, 0.15) is 11.5 Å². The molecule has 0 aliphatic heterocycles. The summed E-state index contributed by atoms with van der Waals surface area (Å²) in [5.74, 6) is 0.621. The average molecular weight is 428 g/mol. The Morgan fingerprint density at radius 2 is 1.93 bits per heavy atom. The number of carbonyl (C=O) groups excluding carboxylic acids is 1. The van der Waals surface area contributed by atoms with Crippen LogP contribution < -0.4 is 5.32 Å². The number of hydrogen-bond donors (Lipinski definition) is 1. The van der Waals surface area contributed by atoms with Crippen molar-refractivity contribution in [1.29, 1.82) is 0 Å². The van der Waals surface area contributed by atoms with Gasteiger partial charge in [-0.3, -0.25) is 4.79 Å². The molecule has 3 aromatic rings. The molecule has 0 aliphatic carbocycles. The van der Waals surface area contributed by atoms with Crippen molar-refractivity contribution in [2.24, 2.45) is 0 Å². The maximum Gasteiger partial charge on any atom is 0.416 e. The zero-order chi connectivity index (χ0) is 20.1. The second-order valence-corrected chi connectivity index (χ2v) is 7.06.